The normalized spacial score (nSPS) is 11.3. The number of nitrogens with one attached hydrogen (secondary N) is 2. The van der Waals surface area contributed by atoms with Crippen molar-refractivity contribution in [1.29, 1.82) is 0 Å². The van der Waals surface area contributed by atoms with Gasteiger partial charge in [0.2, 0.25) is 0 Å². The number of nitrogens with zero attached hydrogens (tertiary/aromatic N) is 3. The Morgan fingerprint density at radius 1 is 1.15 bits per heavy atom. The van der Waals surface area contributed by atoms with Gasteiger partial charge in [-0.2, -0.15) is 0 Å². The second kappa shape index (κ2) is 6.38. The lowest BCUT2D eigenvalue weighted by Crippen LogP contribution is -2.31. The highest BCUT2D eigenvalue weighted by molar-refractivity contribution is 7.18. The van der Waals surface area contributed by atoms with Crippen molar-refractivity contribution in [3.63, 3.8) is 0 Å². The van der Waals surface area contributed by atoms with E-state index in [9.17, 15) is 9.59 Å². The van der Waals surface area contributed by atoms with Gasteiger partial charge in [-0.1, -0.05) is 12.1 Å². The van der Waals surface area contributed by atoms with Gasteiger partial charge in [0.1, 0.15) is 17.0 Å². The molecule has 1 aromatic carbocycles. The molecule has 0 spiro atoms. The van der Waals surface area contributed by atoms with Crippen LogP contribution in [0.25, 0.3) is 21.0 Å². The Kier molecular flexibility index (Phi) is 4.04. The van der Waals surface area contributed by atoms with Crippen LogP contribution in [0.1, 0.15) is 10.4 Å². The summed E-state index contributed by atoms with van der Waals surface area (Å²) in [5.74, 6) is 0.744. The molecular formula is C18H17N5O2S. The molecule has 0 unspecified atom stereocenters. The second-order valence-corrected chi connectivity index (χ2v) is 7.26. The standard InChI is InChI=1S/C18H17N5O2S/c1-10-11(2)26-17-14(10)15(20-9-21-17)19-7-8-23-18(25)13-6-4-3-5-12(13)16(24)22-23/h3-6,9H,7-8H2,1-2H3,(H,22,24)(H,19,20,21). The maximum Gasteiger partial charge on any atom is 0.273 e. The van der Waals surface area contributed by atoms with Crippen molar-refractivity contribution in [2.24, 2.45) is 0 Å². The van der Waals surface area contributed by atoms with Crippen LogP contribution in [0.15, 0.2) is 40.2 Å². The molecule has 4 rings (SSSR count). The zero-order chi connectivity index (χ0) is 18.3. The molecule has 0 fully saturated rings. The van der Waals surface area contributed by atoms with Crippen molar-refractivity contribution in [2.75, 3.05) is 11.9 Å². The van der Waals surface area contributed by atoms with Gasteiger partial charge in [0.05, 0.1) is 22.7 Å². The third-order valence-corrected chi connectivity index (χ3v) is 5.59. The zero-order valence-electron chi connectivity index (χ0n) is 14.4. The average molecular weight is 367 g/mol. The minimum absolute atomic E-state index is 0.211. The molecular weight excluding hydrogens is 350 g/mol. The molecule has 0 bridgehead atoms. The third kappa shape index (κ3) is 2.68. The molecule has 7 nitrogen and oxygen atoms in total. The van der Waals surface area contributed by atoms with Crippen molar-refractivity contribution in [3.8, 4) is 0 Å². The molecule has 0 aliphatic heterocycles. The third-order valence-electron chi connectivity index (χ3n) is 4.48. The molecule has 0 radical (unpaired) electrons. The van der Waals surface area contributed by atoms with Gasteiger partial charge >= 0.3 is 0 Å². The predicted octanol–water partition coefficient (Wildman–Crippen LogP) is 2.42. The Morgan fingerprint density at radius 2 is 1.92 bits per heavy atom. The predicted molar refractivity (Wildman–Crippen MR) is 104 cm³/mol. The van der Waals surface area contributed by atoms with Crippen molar-refractivity contribution in [2.45, 2.75) is 20.4 Å². The minimum atomic E-state index is -0.270. The molecule has 3 aromatic heterocycles. The van der Waals surface area contributed by atoms with E-state index in [1.165, 1.54) is 15.9 Å². The number of benzene rings is 1. The van der Waals surface area contributed by atoms with E-state index in [2.05, 4.69) is 27.3 Å². The first-order valence-corrected chi connectivity index (χ1v) is 9.04. The Labute approximate surface area is 152 Å². The zero-order valence-corrected chi connectivity index (χ0v) is 15.2. The second-order valence-electron chi connectivity index (χ2n) is 6.06. The summed E-state index contributed by atoms with van der Waals surface area (Å²) in [4.78, 5) is 35.5. The van der Waals surface area contributed by atoms with Gasteiger partial charge in [-0.15, -0.1) is 11.3 Å². The van der Waals surface area contributed by atoms with Crippen molar-refractivity contribution >= 4 is 38.1 Å². The SMILES string of the molecule is Cc1sc2ncnc(NCCn3[nH]c(=O)c4ccccc4c3=O)c2c1C. The van der Waals surface area contributed by atoms with E-state index >= 15 is 0 Å². The number of aromatic amines is 1. The molecule has 0 saturated carbocycles. The van der Waals surface area contributed by atoms with Crippen LogP contribution in [0, 0.1) is 13.8 Å². The number of hydrogen-bond donors (Lipinski definition) is 2. The van der Waals surface area contributed by atoms with Crippen LogP contribution < -0.4 is 16.4 Å². The number of fused-ring (bicyclic) bond motifs is 2. The lowest BCUT2D eigenvalue weighted by atomic mass is 10.2. The summed E-state index contributed by atoms with van der Waals surface area (Å²) < 4.78 is 1.34. The number of hydrogen-bond acceptors (Lipinski definition) is 6. The van der Waals surface area contributed by atoms with Crippen molar-refractivity contribution in [3.05, 3.63) is 61.7 Å². The topological polar surface area (TPSA) is 92.7 Å². The van der Waals surface area contributed by atoms with Gasteiger partial charge in [-0.3, -0.25) is 14.7 Å². The van der Waals surface area contributed by atoms with E-state index in [1.807, 2.05) is 6.92 Å². The fraction of sp³-hybridized carbons (Fsp3) is 0.222. The maximum absolute atomic E-state index is 12.5. The minimum Gasteiger partial charge on any atom is -0.368 e. The highest BCUT2D eigenvalue weighted by atomic mass is 32.1. The van der Waals surface area contributed by atoms with Crippen molar-refractivity contribution < 1.29 is 0 Å². The summed E-state index contributed by atoms with van der Waals surface area (Å²) >= 11 is 1.63. The van der Waals surface area contributed by atoms with Crippen LogP contribution in [-0.4, -0.2) is 26.3 Å². The number of aromatic nitrogens is 4. The van der Waals surface area contributed by atoms with Gasteiger partial charge in [0, 0.05) is 11.4 Å². The highest BCUT2D eigenvalue weighted by Gasteiger charge is 2.12. The van der Waals surface area contributed by atoms with Crippen LogP contribution in [0.4, 0.5) is 5.82 Å². The summed E-state index contributed by atoms with van der Waals surface area (Å²) in [5.41, 5.74) is 0.677. The molecule has 8 heteroatoms. The Morgan fingerprint density at radius 3 is 2.73 bits per heavy atom. The average Bonchev–Trinajstić information content (AvgIpc) is 2.94. The van der Waals surface area contributed by atoms with Gasteiger partial charge < -0.3 is 5.32 Å². The van der Waals surface area contributed by atoms with Crippen LogP contribution in [0.2, 0.25) is 0 Å². The molecule has 3 heterocycles. The molecule has 0 amide bonds. The first kappa shape index (κ1) is 16.5. The number of aryl methyl sites for hydroxylation is 2. The molecule has 0 saturated heterocycles. The first-order chi connectivity index (χ1) is 12.6. The van der Waals surface area contributed by atoms with E-state index in [1.54, 1.807) is 35.6 Å². The van der Waals surface area contributed by atoms with E-state index < -0.39 is 0 Å². The number of rotatable bonds is 4. The Balaban J connectivity index is 1.62. The molecule has 4 aromatic rings. The molecule has 132 valence electrons. The summed E-state index contributed by atoms with van der Waals surface area (Å²) in [6, 6.07) is 6.82. The van der Waals surface area contributed by atoms with Crippen molar-refractivity contribution in [1.82, 2.24) is 19.7 Å². The largest absolute Gasteiger partial charge is 0.368 e. The van der Waals surface area contributed by atoms with Gasteiger partial charge in [-0.05, 0) is 31.5 Å². The van der Waals surface area contributed by atoms with E-state index in [0.29, 0.717) is 23.9 Å². The van der Waals surface area contributed by atoms with Crippen LogP contribution >= 0.6 is 11.3 Å². The summed E-state index contributed by atoms with van der Waals surface area (Å²) in [5, 5.41) is 7.73. The van der Waals surface area contributed by atoms with Gasteiger partial charge in [-0.25, -0.2) is 14.6 Å². The highest BCUT2D eigenvalue weighted by Crippen LogP contribution is 2.32. The molecule has 0 aliphatic carbocycles. The lowest BCUT2D eigenvalue weighted by molar-refractivity contribution is 0.596. The molecule has 0 atom stereocenters. The summed E-state index contributed by atoms with van der Waals surface area (Å²) in [7, 11) is 0. The quantitative estimate of drug-likeness (QED) is 0.578. The smallest absolute Gasteiger partial charge is 0.273 e. The number of thiophene rings is 1. The summed E-state index contributed by atoms with van der Waals surface area (Å²) in [6.45, 7) is 4.89. The van der Waals surface area contributed by atoms with Crippen LogP contribution in [-0.2, 0) is 6.54 Å². The number of H-pyrrole nitrogens is 1. The fourth-order valence-corrected chi connectivity index (χ4v) is 4.00. The maximum atomic E-state index is 12.5. The van der Waals surface area contributed by atoms with Gasteiger partial charge in [0.25, 0.3) is 11.1 Å². The first-order valence-electron chi connectivity index (χ1n) is 8.22. The van der Waals surface area contributed by atoms with E-state index in [-0.39, 0.29) is 11.1 Å². The molecule has 26 heavy (non-hydrogen) atoms. The lowest BCUT2D eigenvalue weighted by Gasteiger charge is -2.10. The Bertz CT molecular complexity index is 1240. The van der Waals surface area contributed by atoms with Crippen LogP contribution in [0.5, 0.6) is 0 Å². The Hall–Kier alpha value is -3.00. The van der Waals surface area contributed by atoms with E-state index in [4.69, 9.17) is 0 Å². The monoisotopic (exact) mass is 367 g/mol. The summed E-state index contributed by atoms with van der Waals surface area (Å²) in [6.07, 6.45) is 1.53. The molecule has 2 N–H and O–H groups in total. The van der Waals surface area contributed by atoms with E-state index in [0.717, 1.165) is 21.6 Å². The molecule has 0 aliphatic rings. The van der Waals surface area contributed by atoms with Crippen LogP contribution in [0.3, 0.4) is 0 Å². The fourth-order valence-electron chi connectivity index (χ4n) is 3.01. The number of anilines is 1. The van der Waals surface area contributed by atoms with Gasteiger partial charge in [0.15, 0.2) is 0 Å².